The highest BCUT2D eigenvalue weighted by molar-refractivity contribution is 6.58. The van der Waals surface area contributed by atoms with Crippen molar-refractivity contribution in [2.75, 3.05) is 5.32 Å². The van der Waals surface area contributed by atoms with Crippen LogP contribution in [0.15, 0.2) is 30.7 Å². The fraction of sp³-hybridized carbons (Fsp3) is 0. The first-order chi connectivity index (χ1) is 8.16. The predicted octanol–water partition coefficient (Wildman–Crippen LogP) is -1.26. The first-order valence-electron chi connectivity index (χ1n) is 4.79. The zero-order valence-corrected chi connectivity index (χ0v) is 8.66. The van der Waals surface area contributed by atoms with Gasteiger partial charge in [0.15, 0.2) is 0 Å². The van der Waals surface area contributed by atoms with Gasteiger partial charge in [-0.3, -0.25) is 9.89 Å². The summed E-state index contributed by atoms with van der Waals surface area (Å²) in [4.78, 5) is 15.5. The molecule has 2 heterocycles. The summed E-state index contributed by atoms with van der Waals surface area (Å²) in [5.41, 5.74) is 0.615. The number of nitrogens with one attached hydrogen (secondary N) is 2. The van der Waals surface area contributed by atoms with Gasteiger partial charge >= 0.3 is 7.12 Å². The van der Waals surface area contributed by atoms with E-state index < -0.39 is 7.12 Å². The highest BCUT2D eigenvalue weighted by Gasteiger charge is 2.13. The molecule has 7 nitrogen and oxygen atoms in total. The minimum absolute atomic E-state index is 0.238. The number of anilines is 1. The van der Waals surface area contributed by atoms with Crippen LogP contribution in [-0.4, -0.2) is 38.3 Å². The highest BCUT2D eigenvalue weighted by Crippen LogP contribution is 2.03. The van der Waals surface area contributed by atoms with Gasteiger partial charge in [0.1, 0.15) is 5.82 Å². The van der Waals surface area contributed by atoms with Crippen molar-refractivity contribution in [1.82, 2.24) is 15.2 Å². The van der Waals surface area contributed by atoms with Gasteiger partial charge in [0.2, 0.25) is 0 Å². The Balaban J connectivity index is 2.14. The smallest absolute Gasteiger partial charge is 0.423 e. The molecule has 0 spiro atoms. The number of rotatable bonds is 3. The maximum absolute atomic E-state index is 11.6. The third-order valence-corrected chi connectivity index (χ3v) is 2.08. The molecule has 0 fully saturated rings. The number of H-pyrrole nitrogens is 1. The summed E-state index contributed by atoms with van der Waals surface area (Å²) >= 11 is 0. The third-order valence-electron chi connectivity index (χ3n) is 2.08. The number of hydrogen-bond acceptors (Lipinski definition) is 5. The van der Waals surface area contributed by atoms with E-state index in [4.69, 9.17) is 10.0 Å². The van der Waals surface area contributed by atoms with Gasteiger partial charge in [-0.15, -0.1) is 0 Å². The lowest BCUT2D eigenvalue weighted by Gasteiger charge is -2.04. The SMILES string of the molecule is O=C(Nc1cc(B(O)O)ccn1)c1cn[nH]c1. The molecule has 0 saturated carbocycles. The van der Waals surface area contributed by atoms with Crippen LogP contribution < -0.4 is 10.8 Å². The van der Waals surface area contributed by atoms with Gasteiger partial charge in [-0.2, -0.15) is 5.10 Å². The molecule has 2 aromatic heterocycles. The van der Waals surface area contributed by atoms with Crippen molar-refractivity contribution < 1.29 is 14.8 Å². The molecule has 0 saturated heterocycles. The minimum atomic E-state index is -1.59. The van der Waals surface area contributed by atoms with Gasteiger partial charge in [-0.25, -0.2) is 4.98 Å². The molecule has 0 aliphatic carbocycles. The fourth-order valence-corrected chi connectivity index (χ4v) is 1.24. The first-order valence-corrected chi connectivity index (χ1v) is 4.79. The number of nitrogens with zero attached hydrogens (tertiary/aromatic N) is 2. The van der Waals surface area contributed by atoms with Crippen LogP contribution in [0.25, 0.3) is 0 Å². The number of aromatic amines is 1. The Morgan fingerprint density at radius 1 is 1.47 bits per heavy atom. The van der Waals surface area contributed by atoms with Crippen LogP contribution in [0.2, 0.25) is 0 Å². The highest BCUT2D eigenvalue weighted by atomic mass is 16.4. The Kier molecular flexibility index (Phi) is 3.17. The minimum Gasteiger partial charge on any atom is -0.423 e. The van der Waals surface area contributed by atoms with Crippen molar-refractivity contribution in [2.24, 2.45) is 0 Å². The molecule has 2 aromatic rings. The molecular weight excluding hydrogens is 223 g/mol. The van der Waals surface area contributed by atoms with Crippen LogP contribution in [-0.2, 0) is 0 Å². The van der Waals surface area contributed by atoms with Crippen molar-refractivity contribution in [3.05, 3.63) is 36.3 Å². The summed E-state index contributed by atoms with van der Waals surface area (Å²) in [5, 5.41) is 26.6. The summed E-state index contributed by atoms with van der Waals surface area (Å²) in [6.45, 7) is 0. The van der Waals surface area contributed by atoms with Gasteiger partial charge in [0.25, 0.3) is 5.91 Å². The van der Waals surface area contributed by atoms with E-state index in [-0.39, 0.29) is 17.2 Å². The largest absolute Gasteiger partial charge is 0.488 e. The maximum atomic E-state index is 11.6. The molecule has 8 heteroatoms. The number of aromatic nitrogens is 3. The Hall–Kier alpha value is -2.19. The van der Waals surface area contributed by atoms with Gasteiger partial charge in [-0.1, -0.05) is 0 Å². The van der Waals surface area contributed by atoms with Crippen molar-refractivity contribution in [3.8, 4) is 0 Å². The Morgan fingerprint density at radius 2 is 2.29 bits per heavy atom. The van der Waals surface area contributed by atoms with E-state index in [1.807, 2.05) is 0 Å². The molecule has 2 rings (SSSR count). The molecule has 0 radical (unpaired) electrons. The van der Waals surface area contributed by atoms with Gasteiger partial charge in [0.05, 0.1) is 11.8 Å². The van der Waals surface area contributed by atoms with Crippen molar-refractivity contribution >= 4 is 24.3 Å². The molecule has 4 N–H and O–H groups in total. The quantitative estimate of drug-likeness (QED) is 0.493. The predicted molar refractivity (Wildman–Crippen MR) is 60.6 cm³/mol. The lowest BCUT2D eigenvalue weighted by atomic mass is 9.81. The Bertz CT molecular complexity index is 515. The van der Waals surface area contributed by atoms with Crippen LogP contribution >= 0.6 is 0 Å². The number of carbonyl (C=O) groups is 1. The van der Waals surface area contributed by atoms with E-state index in [0.29, 0.717) is 5.56 Å². The van der Waals surface area contributed by atoms with Crippen molar-refractivity contribution in [3.63, 3.8) is 0 Å². The van der Waals surface area contributed by atoms with E-state index in [2.05, 4.69) is 20.5 Å². The topological polar surface area (TPSA) is 111 Å². The lowest BCUT2D eigenvalue weighted by Crippen LogP contribution is -2.30. The molecule has 0 bridgehead atoms. The van der Waals surface area contributed by atoms with Gasteiger partial charge in [0, 0.05) is 12.4 Å². The van der Waals surface area contributed by atoms with Crippen LogP contribution in [0, 0.1) is 0 Å². The van der Waals surface area contributed by atoms with E-state index >= 15 is 0 Å². The third kappa shape index (κ3) is 2.68. The molecular formula is C9H9BN4O3. The van der Waals surface area contributed by atoms with Crippen molar-refractivity contribution in [2.45, 2.75) is 0 Å². The molecule has 0 aliphatic heterocycles. The second-order valence-corrected chi connectivity index (χ2v) is 3.29. The summed E-state index contributed by atoms with van der Waals surface area (Å²) in [7, 11) is -1.59. The Morgan fingerprint density at radius 3 is 2.94 bits per heavy atom. The summed E-state index contributed by atoms with van der Waals surface area (Å²) in [5.74, 6) is -0.141. The lowest BCUT2D eigenvalue weighted by molar-refractivity contribution is 0.102. The standard InChI is InChI=1S/C9H9BN4O3/c15-9(6-4-12-13-5-6)14-8-3-7(10(16)17)1-2-11-8/h1-5,16-17H,(H,12,13)(H,11,14,15). The summed E-state index contributed by atoms with van der Waals surface area (Å²) < 4.78 is 0. The Labute approximate surface area is 96.7 Å². The summed E-state index contributed by atoms with van der Waals surface area (Å²) in [6, 6.07) is 2.82. The normalized spacial score (nSPS) is 10.0. The number of hydrogen-bond donors (Lipinski definition) is 4. The molecule has 0 unspecified atom stereocenters. The van der Waals surface area contributed by atoms with E-state index in [9.17, 15) is 4.79 Å². The van der Waals surface area contributed by atoms with Crippen LogP contribution in [0.4, 0.5) is 5.82 Å². The zero-order valence-electron chi connectivity index (χ0n) is 8.66. The molecule has 17 heavy (non-hydrogen) atoms. The average Bonchev–Trinajstić information content (AvgIpc) is 2.82. The zero-order chi connectivity index (χ0) is 12.3. The fourth-order valence-electron chi connectivity index (χ4n) is 1.24. The maximum Gasteiger partial charge on any atom is 0.488 e. The first kappa shape index (κ1) is 11.3. The summed E-state index contributed by atoms with van der Waals surface area (Å²) in [6.07, 6.45) is 4.19. The van der Waals surface area contributed by atoms with Gasteiger partial charge in [-0.05, 0) is 17.6 Å². The van der Waals surface area contributed by atoms with Crippen LogP contribution in [0.5, 0.6) is 0 Å². The number of pyridine rings is 1. The van der Waals surface area contributed by atoms with Crippen LogP contribution in [0.1, 0.15) is 10.4 Å². The molecule has 0 aliphatic rings. The van der Waals surface area contributed by atoms with E-state index in [1.165, 1.54) is 30.7 Å². The van der Waals surface area contributed by atoms with Gasteiger partial charge < -0.3 is 15.4 Å². The average molecular weight is 232 g/mol. The molecule has 0 atom stereocenters. The molecule has 86 valence electrons. The van der Waals surface area contributed by atoms with E-state index in [0.717, 1.165) is 0 Å². The monoisotopic (exact) mass is 232 g/mol. The van der Waals surface area contributed by atoms with E-state index in [1.54, 1.807) is 0 Å². The van der Waals surface area contributed by atoms with Crippen molar-refractivity contribution in [1.29, 1.82) is 0 Å². The molecule has 0 aromatic carbocycles. The number of carbonyl (C=O) groups excluding carboxylic acids is 1. The van der Waals surface area contributed by atoms with Crippen LogP contribution in [0.3, 0.4) is 0 Å². The second kappa shape index (κ2) is 4.77. The molecule has 1 amide bonds. The second-order valence-electron chi connectivity index (χ2n) is 3.29. The number of amides is 1.